The van der Waals surface area contributed by atoms with Crippen LogP contribution in [0.3, 0.4) is 0 Å². The third-order valence-electron chi connectivity index (χ3n) is 2.21. The predicted octanol–water partition coefficient (Wildman–Crippen LogP) is 2.55. The molecule has 17 heavy (non-hydrogen) atoms. The summed E-state index contributed by atoms with van der Waals surface area (Å²) in [6.45, 7) is 3.51. The highest BCUT2D eigenvalue weighted by atomic mass is 35.5. The van der Waals surface area contributed by atoms with Gasteiger partial charge in [-0.2, -0.15) is 0 Å². The molecule has 0 bridgehead atoms. The normalized spacial score (nSPS) is 11.4. The lowest BCUT2D eigenvalue weighted by Gasteiger charge is -2.11. The average molecular weight is 258 g/mol. The lowest BCUT2D eigenvalue weighted by Crippen LogP contribution is -2.37. The number of rotatable bonds is 4. The maximum Gasteiger partial charge on any atom is 0.191 e. The van der Waals surface area contributed by atoms with E-state index in [0.717, 1.165) is 24.5 Å². The molecule has 0 fully saturated rings. The van der Waals surface area contributed by atoms with E-state index < -0.39 is 5.82 Å². The number of nitrogens with zero attached hydrogens (tertiary/aromatic N) is 1. The molecule has 0 saturated heterocycles. The van der Waals surface area contributed by atoms with Gasteiger partial charge in [0.1, 0.15) is 5.82 Å². The zero-order chi connectivity index (χ0) is 12.7. The van der Waals surface area contributed by atoms with E-state index in [1.54, 1.807) is 19.2 Å². The molecule has 0 aliphatic carbocycles. The Morgan fingerprint density at radius 1 is 1.41 bits per heavy atom. The molecule has 0 aromatic heterocycles. The highest BCUT2D eigenvalue weighted by Crippen LogP contribution is 2.15. The first-order valence-corrected chi connectivity index (χ1v) is 5.93. The number of aliphatic imine (C=N–C) groups is 1. The molecule has 0 unspecified atom stereocenters. The maximum absolute atomic E-state index is 12.9. The summed E-state index contributed by atoms with van der Waals surface area (Å²) in [4.78, 5) is 4.07. The third kappa shape index (κ3) is 4.61. The summed E-state index contributed by atoms with van der Waals surface area (Å²) in [5, 5.41) is 6.41. The first-order chi connectivity index (χ1) is 8.17. The van der Waals surface area contributed by atoms with E-state index in [-0.39, 0.29) is 5.02 Å². The molecule has 1 aromatic rings. The van der Waals surface area contributed by atoms with E-state index in [0.29, 0.717) is 6.54 Å². The van der Waals surface area contributed by atoms with Gasteiger partial charge in [0, 0.05) is 20.1 Å². The number of hydrogen-bond acceptors (Lipinski definition) is 1. The van der Waals surface area contributed by atoms with Crippen LogP contribution in [-0.4, -0.2) is 19.6 Å². The zero-order valence-electron chi connectivity index (χ0n) is 10.1. The molecule has 94 valence electrons. The fourth-order valence-corrected chi connectivity index (χ4v) is 1.50. The Hall–Kier alpha value is -1.29. The number of benzene rings is 1. The van der Waals surface area contributed by atoms with Crippen LogP contribution < -0.4 is 10.6 Å². The highest BCUT2D eigenvalue weighted by Gasteiger charge is 2.01. The summed E-state index contributed by atoms with van der Waals surface area (Å²) in [7, 11) is 1.71. The van der Waals surface area contributed by atoms with Crippen molar-refractivity contribution in [1.29, 1.82) is 0 Å². The van der Waals surface area contributed by atoms with Gasteiger partial charge in [0.25, 0.3) is 0 Å². The molecule has 0 amide bonds. The number of halogens is 2. The number of guanidine groups is 1. The van der Waals surface area contributed by atoms with Crippen LogP contribution >= 0.6 is 11.6 Å². The molecule has 2 N–H and O–H groups in total. The molecule has 3 nitrogen and oxygen atoms in total. The molecule has 0 radical (unpaired) electrons. The van der Waals surface area contributed by atoms with Gasteiger partial charge in [-0.1, -0.05) is 24.6 Å². The minimum absolute atomic E-state index is 0.140. The van der Waals surface area contributed by atoms with Crippen LogP contribution in [0, 0.1) is 5.82 Å². The number of nitrogens with one attached hydrogen (secondary N) is 2. The smallest absolute Gasteiger partial charge is 0.191 e. The van der Waals surface area contributed by atoms with Gasteiger partial charge in [-0.25, -0.2) is 4.39 Å². The molecular formula is C12H17ClFN3. The quantitative estimate of drug-likeness (QED) is 0.643. The summed E-state index contributed by atoms with van der Waals surface area (Å²) >= 11 is 5.70. The van der Waals surface area contributed by atoms with Gasteiger partial charge in [-0.3, -0.25) is 4.99 Å². The topological polar surface area (TPSA) is 36.4 Å². The maximum atomic E-state index is 12.9. The van der Waals surface area contributed by atoms with Crippen molar-refractivity contribution in [2.75, 3.05) is 13.6 Å². The second-order valence-electron chi connectivity index (χ2n) is 3.60. The molecule has 0 aliphatic rings. The Kier molecular flexibility index (Phi) is 5.77. The highest BCUT2D eigenvalue weighted by molar-refractivity contribution is 6.30. The van der Waals surface area contributed by atoms with Crippen LogP contribution in [0.25, 0.3) is 0 Å². The molecule has 0 aliphatic heterocycles. The van der Waals surface area contributed by atoms with Crippen LogP contribution in [0.2, 0.25) is 5.02 Å². The van der Waals surface area contributed by atoms with E-state index in [9.17, 15) is 4.39 Å². The van der Waals surface area contributed by atoms with E-state index in [1.807, 2.05) is 0 Å². The first kappa shape index (κ1) is 13.8. The number of hydrogen-bond donors (Lipinski definition) is 2. The second-order valence-corrected chi connectivity index (χ2v) is 4.01. The lowest BCUT2D eigenvalue weighted by molar-refractivity contribution is 0.627. The average Bonchev–Trinajstić information content (AvgIpc) is 2.34. The van der Waals surface area contributed by atoms with Crippen LogP contribution in [-0.2, 0) is 6.54 Å². The Labute approximate surface area is 106 Å². The van der Waals surface area contributed by atoms with Crippen molar-refractivity contribution in [3.63, 3.8) is 0 Å². The summed E-state index contributed by atoms with van der Waals surface area (Å²) < 4.78 is 12.9. The fraction of sp³-hybridized carbons (Fsp3) is 0.417. The first-order valence-electron chi connectivity index (χ1n) is 5.55. The molecule has 0 atom stereocenters. The minimum atomic E-state index is -0.399. The Bertz CT molecular complexity index is 393. The summed E-state index contributed by atoms with van der Waals surface area (Å²) in [6, 6.07) is 4.67. The lowest BCUT2D eigenvalue weighted by atomic mass is 10.2. The monoisotopic (exact) mass is 257 g/mol. The van der Waals surface area contributed by atoms with Crippen molar-refractivity contribution in [3.05, 3.63) is 34.6 Å². The van der Waals surface area contributed by atoms with Crippen molar-refractivity contribution in [2.45, 2.75) is 19.9 Å². The SMILES string of the molecule is CCCNC(=NC)NCc1ccc(F)c(Cl)c1. The van der Waals surface area contributed by atoms with Gasteiger partial charge in [-0.15, -0.1) is 0 Å². The molecule has 0 spiro atoms. The van der Waals surface area contributed by atoms with E-state index in [1.165, 1.54) is 6.07 Å². The van der Waals surface area contributed by atoms with E-state index in [2.05, 4.69) is 22.5 Å². The minimum Gasteiger partial charge on any atom is -0.356 e. The van der Waals surface area contributed by atoms with Gasteiger partial charge in [0.05, 0.1) is 5.02 Å². The Balaban J connectivity index is 2.51. The summed E-state index contributed by atoms with van der Waals surface area (Å²) in [6.07, 6.45) is 1.03. The van der Waals surface area contributed by atoms with Crippen LogP contribution in [0.5, 0.6) is 0 Å². The van der Waals surface area contributed by atoms with Crippen molar-refractivity contribution in [2.24, 2.45) is 4.99 Å². The van der Waals surface area contributed by atoms with Gasteiger partial charge < -0.3 is 10.6 Å². The predicted molar refractivity (Wildman–Crippen MR) is 69.9 cm³/mol. The Morgan fingerprint density at radius 2 is 2.18 bits per heavy atom. The summed E-state index contributed by atoms with van der Waals surface area (Å²) in [5.74, 6) is 0.330. The zero-order valence-corrected chi connectivity index (χ0v) is 10.8. The molecule has 0 saturated carbocycles. The van der Waals surface area contributed by atoms with Gasteiger partial charge in [-0.05, 0) is 24.1 Å². The van der Waals surface area contributed by atoms with Gasteiger partial charge >= 0.3 is 0 Å². The largest absolute Gasteiger partial charge is 0.356 e. The van der Waals surface area contributed by atoms with Crippen molar-refractivity contribution in [3.8, 4) is 0 Å². The fourth-order valence-electron chi connectivity index (χ4n) is 1.30. The molecule has 1 aromatic carbocycles. The van der Waals surface area contributed by atoms with Crippen molar-refractivity contribution >= 4 is 17.6 Å². The van der Waals surface area contributed by atoms with Crippen molar-refractivity contribution in [1.82, 2.24) is 10.6 Å². The third-order valence-corrected chi connectivity index (χ3v) is 2.50. The second kappa shape index (κ2) is 7.12. The molecule has 1 rings (SSSR count). The van der Waals surface area contributed by atoms with E-state index >= 15 is 0 Å². The standard InChI is InChI=1S/C12H17ClFN3/c1-3-6-16-12(15-2)17-8-9-4-5-11(14)10(13)7-9/h4-5,7H,3,6,8H2,1-2H3,(H2,15,16,17). The summed E-state index contributed by atoms with van der Waals surface area (Å²) in [5.41, 5.74) is 0.913. The van der Waals surface area contributed by atoms with Gasteiger partial charge in [0.15, 0.2) is 5.96 Å². The van der Waals surface area contributed by atoms with E-state index in [4.69, 9.17) is 11.6 Å². The van der Waals surface area contributed by atoms with Crippen LogP contribution in [0.4, 0.5) is 4.39 Å². The van der Waals surface area contributed by atoms with Crippen LogP contribution in [0.15, 0.2) is 23.2 Å². The molecule has 5 heteroatoms. The van der Waals surface area contributed by atoms with Crippen molar-refractivity contribution < 1.29 is 4.39 Å². The molecular weight excluding hydrogens is 241 g/mol. The molecule has 0 heterocycles. The van der Waals surface area contributed by atoms with Crippen LogP contribution in [0.1, 0.15) is 18.9 Å². The Morgan fingerprint density at radius 3 is 2.76 bits per heavy atom. The van der Waals surface area contributed by atoms with Gasteiger partial charge in [0.2, 0.25) is 0 Å².